The van der Waals surface area contributed by atoms with Crippen LogP contribution in [0.25, 0.3) is 0 Å². The molecule has 0 saturated heterocycles. The van der Waals surface area contributed by atoms with E-state index in [2.05, 4.69) is 27.1 Å². The average molecular weight is 498 g/mol. The highest BCUT2D eigenvalue weighted by atomic mass is 16.5. The van der Waals surface area contributed by atoms with Gasteiger partial charge in [0.15, 0.2) is 0 Å². The molecule has 3 heterocycles. The lowest BCUT2D eigenvalue weighted by Crippen LogP contribution is -2.38. The maximum atomic E-state index is 13.8. The van der Waals surface area contributed by atoms with E-state index in [0.29, 0.717) is 60.9 Å². The smallest absolute Gasteiger partial charge is 0.254 e. The Morgan fingerprint density at radius 1 is 1.30 bits per heavy atom. The molecule has 0 spiro atoms. The average Bonchev–Trinajstić information content (AvgIpc) is 3.28. The van der Waals surface area contributed by atoms with Gasteiger partial charge in [0.2, 0.25) is 0 Å². The molecular formula is C28H31N7O2. The first-order valence-corrected chi connectivity index (χ1v) is 12.2. The summed E-state index contributed by atoms with van der Waals surface area (Å²) in [6, 6.07) is 7.90. The molecule has 9 nitrogen and oxygen atoms in total. The van der Waals surface area contributed by atoms with E-state index in [1.165, 1.54) is 6.20 Å². The molecule has 1 aromatic carbocycles. The third kappa shape index (κ3) is 5.54. The number of carbonyl (C=O) groups is 1. The van der Waals surface area contributed by atoms with Crippen molar-refractivity contribution < 1.29 is 9.53 Å². The highest BCUT2D eigenvalue weighted by molar-refractivity contribution is 6.12. The number of aliphatic imine (C=N–C) groups is 1. The number of fused-ring (bicyclic) bond motifs is 1. The molecule has 0 aliphatic carbocycles. The predicted octanol–water partition coefficient (Wildman–Crippen LogP) is 3.39. The van der Waals surface area contributed by atoms with Crippen LogP contribution in [0.5, 0.6) is 5.75 Å². The molecule has 4 rings (SSSR count). The van der Waals surface area contributed by atoms with E-state index in [4.69, 9.17) is 10.5 Å². The zero-order chi connectivity index (χ0) is 26.5. The molecular weight excluding hydrogens is 466 g/mol. The highest BCUT2D eigenvalue weighted by Crippen LogP contribution is 2.28. The normalized spacial score (nSPS) is 13.9. The number of rotatable bonds is 8. The maximum Gasteiger partial charge on any atom is 0.254 e. The van der Waals surface area contributed by atoms with Gasteiger partial charge < -0.3 is 19.9 Å². The topological polar surface area (TPSA) is 122 Å². The van der Waals surface area contributed by atoms with Gasteiger partial charge >= 0.3 is 0 Å². The number of hydrogen-bond acceptors (Lipinski definition) is 7. The summed E-state index contributed by atoms with van der Waals surface area (Å²) in [5.41, 5.74) is 11.9. The number of aryl methyl sites for hydroxylation is 1. The van der Waals surface area contributed by atoms with Crippen LogP contribution in [0.3, 0.4) is 0 Å². The number of aromatic nitrogens is 3. The number of imidazole rings is 1. The van der Waals surface area contributed by atoms with Gasteiger partial charge in [-0.15, -0.1) is 0 Å². The van der Waals surface area contributed by atoms with Gasteiger partial charge in [-0.05, 0) is 56.5 Å². The number of amides is 1. The minimum absolute atomic E-state index is 0.0697. The van der Waals surface area contributed by atoms with Crippen molar-refractivity contribution in [2.24, 2.45) is 10.7 Å². The fourth-order valence-electron chi connectivity index (χ4n) is 4.55. The number of carbonyl (C=O) groups excluding carboxylic acids is 1. The predicted molar refractivity (Wildman–Crippen MR) is 141 cm³/mol. The van der Waals surface area contributed by atoms with Crippen LogP contribution in [0.1, 0.15) is 58.0 Å². The summed E-state index contributed by atoms with van der Waals surface area (Å²) in [5.74, 6) is 1.30. The molecule has 1 amide bonds. The Kier molecular flexibility index (Phi) is 7.68. The van der Waals surface area contributed by atoms with Gasteiger partial charge in [0.1, 0.15) is 23.2 Å². The van der Waals surface area contributed by atoms with Gasteiger partial charge in [0, 0.05) is 61.6 Å². The van der Waals surface area contributed by atoms with E-state index in [-0.39, 0.29) is 5.91 Å². The molecule has 2 aromatic heterocycles. The van der Waals surface area contributed by atoms with E-state index in [9.17, 15) is 10.1 Å². The third-order valence-corrected chi connectivity index (χ3v) is 6.31. The minimum Gasteiger partial charge on any atom is -0.492 e. The number of allylic oxidation sites excluding steroid dienone is 2. The molecule has 2 N–H and O–H groups in total. The number of nitrogens with two attached hydrogens (primary N) is 1. The fourth-order valence-corrected chi connectivity index (χ4v) is 4.55. The van der Waals surface area contributed by atoms with E-state index in [1.807, 2.05) is 43.7 Å². The van der Waals surface area contributed by atoms with Crippen molar-refractivity contribution in [3.63, 3.8) is 0 Å². The second-order valence-corrected chi connectivity index (χ2v) is 8.96. The summed E-state index contributed by atoms with van der Waals surface area (Å²) in [4.78, 5) is 28.8. The largest absolute Gasteiger partial charge is 0.492 e. The summed E-state index contributed by atoms with van der Waals surface area (Å²) in [6.45, 7) is 7.51. The standard InChI is InChI=1S/C28H31N7O2/c1-5-37-27-13-22(33-15-21(27)14-29)17-35-8-6-23-24(26(31-4)10-18(2)30)11-20(12-25(23)28(35)36)16-34-9-7-32-19(34)3/h7,9-13,15H,5-6,8,16-17,30H2,1-4H3. The van der Waals surface area contributed by atoms with Gasteiger partial charge in [-0.25, -0.2) is 4.98 Å². The lowest BCUT2D eigenvalue weighted by molar-refractivity contribution is 0.0724. The zero-order valence-corrected chi connectivity index (χ0v) is 21.7. The van der Waals surface area contributed by atoms with E-state index >= 15 is 0 Å². The van der Waals surface area contributed by atoms with Gasteiger partial charge in [-0.1, -0.05) is 0 Å². The van der Waals surface area contributed by atoms with Crippen LogP contribution in [0, 0.1) is 18.3 Å². The molecule has 3 aromatic rings. The van der Waals surface area contributed by atoms with Gasteiger partial charge in [0.25, 0.3) is 5.91 Å². The number of nitriles is 1. The number of ether oxygens (including phenoxy) is 1. The van der Waals surface area contributed by atoms with Gasteiger partial charge in [0.05, 0.1) is 24.6 Å². The second kappa shape index (κ2) is 11.1. The van der Waals surface area contributed by atoms with Crippen LogP contribution in [-0.4, -0.2) is 51.3 Å². The van der Waals surface area contributed by atoms with Crippen molar-refractivity contribution in [1.82, 2.24) is 19.4 Å². The maximum absolute atomic E-state index is 13.8. The Hall–Kier alpha value is -4.45. The van der Waals surface area contributed by atoms with E-state index in [1.54, 1.807) is 24.2 Å². The number of nitrogens with zero attached hydrogens (tertiary/aromatic N) is 6. The van der Waals surface area contributed by atoms with Crippen LogP contribution in [0.2, 0.25) is 0 Å². The molecule has 190 valence electrons. The summed E-state index contributed by atoms with van der Waals surface area (Å²) < 4.78 is 7.64. The zero-order valence-electron chi connectivity index (χ0n) is 21.7. The molecule has 0 unspecified atom stereocenters. The van der Waals surface area contributed by atoms with Crippen molar-refractivity contribution >= 4 is 11.6 Å². The van der Waals surface area contributed by atoms with Crippen molar-refractivity contribution in [2.75, 3.05) is 20.2 Å². The van der Waals surface area contributed by atoms with Crippen LogP contribution >= 0.6 is 0 Å². The lowest BCUT2D eigenvalue weighted by Gasteiger charge is -2.30. The summed E-state index contributed by atoms with van der Waals surface area (Å²) in [6.07, 6.45) is 7.70. The Bertz CT molecular complexity index is 1420. The van der Waals surface area contributed by atoms with Crippen molar-refractivity contribution in [2.45, 2.75) is 40.3 Å². The molecule has 1 aliphatic rings. The minimum atomic E-state index is -0.0697. The first-order chi connectivity index (χ1) is 17.8. The summed E-state index contributed by atoms with van der Waals surface area (Å²) in [7, 11) is 1.73. The van der Waals surface area contributed by atoms with Crippen LogP contribution < -0.4 is 10.5 Å². The van der Waals surface area contributed by atoms with Crippen molar-refractivity contribution in [1.29, 1.82) is 5.26 Å². The molecule has 0 atom stereocenters. The lowest BCUT2D eigenvalue weighted by atomic mass is 9.89. The quantitative estimate of drug-likeness (QED) is 0.476. The highest BCUT2D eigenvalue weighted by Gasteiger charge is 2.28. The Labute approximate surface area is 216 Å². The second-order valence-electron chi connectivity index (χ2n) is 8.96. The number of benzene rings is 1. The first kappa shape index (κ1) is 25.6. The van der Waals surface area contributed by atoms with Crippen molar-refractivity contribution in [3.05, 3.63) is 87.9 Å². The van der Waals surface area contributed by atoms with Crippen LogP contribution in [-0.2, 0) is 19.5 Å². The molecule has 37 heavy (non-hydrogen) atoms. The van der Waals surface area contributed by atoms with E-state index < -0.39 is 0 Å². The molecule has 0 radical (unpaired) electrons. The molecule has 9 heteroatoms. The Balaban J connectivity index is 1.72. The first-order valence-electron chi connectivity index (χ1n) is 12.2. The molecule has 0 saturated carbocycles. The molecule has 1 aliphatic heterocycles. The number of pyridine rings is 1. The molecule has 0 bridgehead atoms. The van der Waals surface area contributed by atoms with Crippen molar-refractivity contribution in [3.8, 4) is 11.8 Å². The van der Waals surface area contributed by atoms with E-state index in [0.717, 1.165) is 28.2 Å². The van der Waals surface area contributed by atoms with Crippen LogP contribution in [0.15, 0.2) is 53.6 Å². The third-order valence-electron chi connectivity index (χ3n) is 6.31. The monoisotopic (exact) mass is 497 g/mol. The SMILES string of the molecule is CCOc1cc(CN2CCc3c(cc(Cn4ccnc4C)cc3C(C=C(C)N)=NC)C2=O)ncc1C#N. The van der Waals surface area contributed by atoms with Gasteiger partial charge in [-0.2, -0.15) is 5.26 Å². The number of hydrogen-bond donors (Lipinski definition) is 1. The van der Waals surface area contributed by atoms with Crippen LogP contribution in [0.4, 0.5) is 0 Å². The van der Waals surface area contributed by atoms with Gasteiger partial charge in [-0.3, -0.25) is 14.8 Å². The molecule has 0 fully saturated rings. The fraction of sp³-hybridized carbons (Fsp3) is 0.321. The Morgan fingerprint density at radius 2 is 2.11 bits per heavy atom. The summed E-state index contributed by atoms with van der Waals surface area (Å²) in [5, 5.41) is 9.33. The Morgan fingerprint density at radius 3 is 2.76 bits per heavy atom. The summed E-state index contributed by atoms with van der Waals surface area (Å²) >= 11 is 0.